The van der Waals surface area contributed by atoms with E-state index in [9.17, 15) is 68.7 Å². The largest absolute Gasteiger partial charge is 0.507 e. The maximum absolute atomic E-state index is 15.1. The van der Waals surface area contributed by atoms with Crippen molar-refractivity contribution in [2.75, 3.05) is 55.9 Å². The number of hydrogen-bond donors (Lipinski definition) is 11. The number of allylic oxidation sites excluding steroid dienone is 2. The Balaban J connectivity index is 0.883. The number of primary amides is 1. The first-order valence-electron chi connectivity index (χ1n) is 35.6. The molecule has 1 fully saturated rings. The van der Waals surface area contributed by atoms with E-state index in [1.807, 2.05) is 4.90 Å². The SMILES string of the molecule is CO[C@H]1/C=C/O[C@@]2(C)Oc3c(C)c(O)c4c(=O)c(c5oc6cc(N7CCC(N(C)C(=O)OCc8ccc(NC(=O)[C@H](CCCNC(N)=O)NC(=O)[C@@H](NC(=O)CCCCCN9C(=O)C=CC9=O)C(C)C)cc8)CC7)cc(O)c6nc-5c4c3C2=O)NC(=O)/C(C)=C\C=C\[C@H](C)[C@H](O)[C@@H](C)[C@@H](O)[C@@H](C)[C@H](O)[C@@H]1C. The number of piperidine rings is 1. The summed E-state index contributed by atoms with van der Waals surface area (Å²) < 4.78 is 30.4. The molecule has 30 heteroatoms. The van der Waals surface area contributed by atoms with Crippen LogP contribution in [0.5, 0.6) is 17.2 Å². The maximum Gasteiger partial charge on any atom is 0.410 e. The normalized spacial score (nSPS) is 24.1. The molecule has 1 aliphatic carbocycles. The summed E-state index contributed by atoms with van der Waals surface area (Å²) >= 11 is 0. The Labute approximate surface area is 612 Å². The predicted octanol–water partition coefficient (Wildman–Crippen LogP) is 6.82. The van der Waals surface area contributed by atoms with Crippen LogP contribution < -0.4 is 47.4 Å². The quantitative estimate of drug-likeness (QED) is 0.0155. The van der Waals surface area contributed by atoms with Crippen LogP contribution in [0.1, 0.15) is 128 Å². The second kappa shape index (κ2) is 34.2. The number of unbranched alkanes of at least 4 members (excludes halogenated alkanes) is 2. The third-order valence-corrected chi connectivity index (χ3v) is 20.4. The number of rotatable bonds is 21. The summed E-state index contributed by atoms with van der Waals surface area (Å²) in [7, 11) is 3.03. The summed E-state index contributed by atoms with van der Waals surface area (Å²) in [6.45, 7) is 15.4. The number of phenolic OH excluding ortho intramolecular Hbond substituents is 2. The fourth-order valence-electron chi connectivity index (χ4n) is 13.7. The highest BCUT2D eigenvalue weighted by Gasteiger charge is 2.50. The number of amides is 9. The Bertz CT molecular complexity index is 4310. The number of benzene rings is 4. The highest BCUT2D eigenvalue weighted by molar-refractivity contribution is 6.22. The summed E-state index contributed by atoms with van der Waals surface area (Å²) in [6.07, 6.45) is 7.58. The molecule has 9 rings (SSSR count). The van der Waals surface area contributed by atoms with Crippen LogP contribution in [0.15, 0.2) is 93.9 Å². The number of urea groups is 1. The molecule has 570 valence electrons. The van der Waals surface area contributed by atoms with Crippen molar-refractivity contribution >= 4 is 92.3 Å². The summed E-state index contributed by atoms with van der Waals surface area (Å²) in [4.78, 5) is 143. The van der Waals surface area contributed by atoms with Gasteiger partial charge in [0.05, 0.1) is 41.6 Å². The number of phenols is 2. The van der Waals surface area contributed by atoms with Crippen molar-refractivity contribution in [1.29, 1.82) is 0 Å². The van der Waals surface area contributed by atoms with Gasteiger partial charge in [-0.25, -0.2) is 14.6 Å². The second-order valence-electron chi connectivity index (χ2n) is 28.3. The first-order valence-corrected chi connectivity index (χ1v) is 35.6. The van der Waals surface area contributed by atoms with Gasteiger partial charge in [-0.05, 0) is 82.1 Å². The Kier molecular flexibility index (Phi) is 25.7. The van der Waals surface area contributed by atoms with Gasteiger partial charge in [-0.2, -0.15) is 0 Å². The van der Waals surface area contributed by atoms with Crippen molar-refractivity contribution in [3.05, 3.63) is 112 Å². The van der Waals surface area contributed by atoms with Crippen LogP contribution >= 0.6 is 0 Å². The lowest BCUT2D eigenvalue weighted by molar-refractivity contribution is -0.137. The Hall–Kier alpha value is -10.4. The maximum atomic E-state index is 15.1. The van der Waals surface area contributed by atoms with Crippen molar-refractivity contribution < 1.29 is 92.0 Å². The molecule has 30 nitrogen and oxygen atoms in total. The molecule has 11 atom stereocenters. The molecule has 9 amide bonds. The number of imide groups is 1. The number of aromatic hydroxyl groups is 2. The van der Waals surface area contributed by atoms with E-state index < -0.39 is 130 Å². The fourth-order valence-corrected chi connectivity index (χ4v) is 13.7. The average molecular weight is 1470 g/mol. The number of methoxy groups -OCH3 is 1. The van der Waals surface area contributed by atoms with Gasteiger partial charge in [0.2, 0.25) is 23.2 Å². The number of fused-ring (bicyclic) bond motifs is 2. The number of nitrogens with zero attached hydrogens (tertiary/aromatic N) is 4. The van der Waals surface area contributed by atoms with Gasteiger partial charge >= 0.3 is 17.9 Å². The number of ketones is 1. The fraction of sp³-hybridized carbons (Fsp3) is 0.487. The lowest BCUT2D eigenvalue weighted by Crippen LogP contribution is -2.54. The third-order valence-electron chi connectivity index (χ3n) is 20.4. The number of hydrogen-bond acceptors (Lipinski definition) is 22. The van der Waals surface area contributed by atoms with E-state index >= 15 is 4.79 Å². The molecule has 3 aromatic rings. The monoisotopic (exact) mass is 1470 g/mol. The minimum absolute atomic E-state index is 0.0238. The van der Waals surface area contributed by atoms with E-state index in [0.717, 1.165) is 4.90 Å². The molecule has 6 aliphatic rings. The molecule has 0 spiro atoms. The number of ether oxygens (including phenoxy) is 4. The van der Waals surface area contributed by atoms with E-state index in [1.54, 1.807) is 91.1 Å². The smallest absolute Gasteiger partial charge is 0.410 e. The summed E-state index contributed by atoms with van der Waals surface area (Å²) in [5.74, 6) is -10.6. The van der Waals surface area contributed by atoms with E-state index in [1.165, 1.54) is 69.4 Å². The molecule has 5 heterocycles. The number of aliphatic hydroxyl groups excluding tert-OH is 3. The van der Waals surface area contributed by atoms with Crippen molar-refractivity contribution in [1.82, 2.24) is 30.7 Å². The topological polar surface area (TPSA) is 431 Å². The Morgan fingerprint density at radius 2 is 1.52 bits per heavy atom. The van der Waals surface area contributed by atoms with E-state index in [0.29, 0.717) is 62.1 Å². The van der Waals surface area contributed by atoms with Crippen LogP contribution in [0.4, 0.5) is 26.7 Å². The molecule has 3 aromatic carbocycles. The van der Waals surface area contributed by atoms with Gasteiger partial charge in [0, 0.05) is 136 Å². The summed E-state index contributed by atoms with van der Waals surface area (Å²) in [5.41, 5.74) is 4.68. The van der Waals surface area contributed by atoms with Crippen molar-refractivity contribution in [2.45, 2.75) is 169 Å². The van der Waals surface area contributed by atoms with Crippen LogP contribution in [0.25, 0.3) is 33.3 Å². The number of carbonyl (C=O) groups is 9. The van der Waals surface area contributed by atoms with E-state index in [-0.39, 0.29) is 119 Å². The second-order valence-corrected chi connectivity index (χ2v) is 28.3. The van der Waals surface area contributed by atoms with Gasteiger partial charge in [0.1, 0.15) is 52.8 Å². The zero-order chi connectivity index (χ0) is 77.3. The van der Waals surface area contributed by atoms with E-state index in [2.05, 4.69) is 26.6 Å². The molecule has 4 bridgehead atoms. The van der Waals surface area contributed by atoms with Crippen LogP contribution in [-0.2, 0) is 49.6 Å². The molecule has 0 radical (unpaired) electrons. The Morgan fingerprint density at radius 1 is 0.849 bits per heavy atom. The minimum atomic E-state index is -2.14. The number of nitrogens with one attached hydrogen (secondary N) is 5. The van der Waals surface area contributed by atoms with Gasteiger partial charge < -0.3 is 91.0 Å². The number of aliphatic hydroxyl groups is 3. The van der Waals surface area contributed by atoms with Crippen LogP contribution in [-0.4, -0.2) is 182 Å². The average Bonchev–Trinajstić information content (AvgIpc) is 1.48. The molecule has 5 aliphatic heterocycles. The first-order chi connectivity index (χ1) is 50.2. The molecule has 0 aromatic heterocycles. The predicted molar refractivity (Wildman–Crippen MR) is 391 cm³/mol. The first kappa shape index (κ1) is 79.7. The van der Waals surface area contributed by atoms with Crippen molar-refractivity contribution in [2.24, 2.45) is 35.3 Å². The minimum Gasteiger partial charge on any atom is -0.507 e. The van der Waals surface area contributed by atoms with Gasteiger partial charge in [-0.15, -0.1) is 0 Å². The number of Topliss-reactive ketones (excluding diaryl/α,β-unsaturated/α-hetero) is 1. The van der Waals surface area contributed by atoms with Crippen molar-refractivity contribution in [3.8, 4) is 28.7 Å². The van der Waals surface area contributed by atoms with Gasteiger partial charge in [-0.1, -0.05) is 78.3 Å². The van der Waals surface area contributed by atoms with Crippen LogP contribution in [0, 0.1) is 36.5 Å². The number of anilines is 3. The zero-order valence-corrected chi connectivity index (χ0v) is 61.4. The summed E-state index contributed by atoms with van der Waals surface area (Å²) in [6, 6.07) is 6.38. The van der Waals surface area contributed by atoms with E-state index in [4.69, 9.17) is 34.1 Å². The highest BCUT2D eigenvalue weighted by atomic mass is 16.7. The molecule has 106 heavy (non-hydrogen) atoms. The molecule has 0 saturated carbocycles. The van der Waals surface area contributed by atoms with Crippen LogP contribution in [0.2, 0.25) is 0 Å². The lowest BCUT2D eigenvalue weighted by atomic mass is 9.78. The van der Waals surface area contributed by atoms with Gasteiger partial charge in [-0.3, -0.25) is 43.3 Å². The molecular weight excluding hydrogens is 1370 g/mol. The summed E-state index contributed by atoms with van der Waals surface area (Å²) in [5, 5.41) is 71.2. The molecule has 12 N–H and O–H groups in total. The Morgan fingerprint density at radius 3 is 2.18 bits per heavy atom. The van der Waals surface area contributed by atoms with Gasteiger partial charge in [0.15, 0.2) is 11.3 Å². The van der Waals surface area contributed by atoms with Crippen molar-refractivity contribution in [3.63, 3.8) is 0 Å². The standard InChI is InChI=1S/C76H96N10O20/c1-38(2)59(81-53(88)20-13-12-14-31-86-54(89)25-26-55(86)90)73(99)80-49(19-16-30-78-74(77)100)72(98)79-46-23-21-45(22-24-46)37-103-75(101)84(10)47-27-32-85(33-28-47)48-35-50(87)60-52(36-48)105-69-61(82-60)56-57-66(94)44(8)68-58(56)70(96)76(9,106-68)104-34-29-51(102-11)41(5)64(92)43(7)65(93)42(6)63(91)39(3)17-15-18-40(4)71(97)83-62(69)67(57)95/h15,17-18,21-26,29,34-36,38-39,41-43,47,49,51,59,63-65,87,91-94H,12-14,16,19-20,27-28,30-33,37H2,1-11H3,(H,79,98)(H,80,99)(H,81,88)(H,83,97)(H3,77,78,100)/b17-15+,34-29+,40-18-/t39-,41+,42+,43-,49-,51-,59-,63-,64+,65+,76-/m0/s1. The van der Waals surface area contributed by atoms with Crippen LogP contribution in [0.3, 0.4) is 0 Å². The number of nitrogens with two attached hydrogens (primary N) is 1. The molecule has 1 saturated heterocycles. The molecular formula is C76H96N10O20. The zero-order valence-electron chi connectivity index (χ0n) is 61.4. The molecule has 0 unspecified atom stereocenters. The lowest BCUT2D eigenvalue weighted by Gasteiger charge is -2.37. The number of aromatic nitrogens is 1. The highest BCUT2D eigenvalue weighted by Crippen LogP contribution is 2.51. The third kappa shape index (κ3) is 17.7. The van der Waals surface area contributed by atoms with Gasteiger partial charge in [0.25, 0.3) is 23.5 Å². The number of carbonyl (C=O) groups excluding carboxylic acids is 9.